The zero-order valence-electron chi connectivity index (χ0n) is 9.59. The maximum absolute atomic E-state index is 10.3. The molecule has 1 aromatic carbocycles. The van der Waals surface area contributed by atoms with Crippen molar-refractivity contribution in [3.05, 3.63) is 29.8 Å². The Morgan fingerprint density at radius 2 is 1.94 bits per heavy atom. The van der Waals surface area contributed by atoms with Crippen molar-refractivity contribution < 1.29 is 19.4 Å². The number of rotatable bonds is 4. The molecule has 1 saturated heterocycles. The van der Waals surface area contributed by atoms with Crippen LogP contribution in [-0.4, -0.2) is 30.9 Å². The molecule has 0 radical (unpaired) electrons. The lowest BCUT2D eigenvalue weighted by Crippen LogP contribution is -2.14. The van der Waals surface area contributed by atoms with Crippen LogP contribution in [0.4, 0.5) is 0 Å². The highest BCUT2D eigenvalue weighted by Gasteiger charge is 2.15. The minimum absolute atomic E-state index is 0.295. The minimum Gasteiger partial charge on any atom is -0.482 e. The summed E-state index contributed by atoms with van der Waals surface area (Å²) >= 11 is 0. The molecule has 1 aliphatic heterocycles. The molecule has 0 aliphatic carbocycles. The van der Waals surface area contributed by atoms with Crippen LogP contribution in [0.2, 0.25) is 0 Å². The molecule has 1 aromatic rings. The van der Waals surface area contributed by atoms with E-state index < -0.39 is 5.97 Å². The normalized spacial score (nSPS) is 16.7. The second-order valence-corrected chi connectivity index (χ2v) is 4.14. The number of aliphatic carboxylic acids is 1. The summed E-state index contributed by atoms with van der Waals surface area (Å²) in [5.41, 5.74) is 1.27. The van der Waals surface area contributed by atoms with Crippen molar-refractivity contribution in [1.29, 1.82) is 0 Å². The van der Waals surface area contributed by atoms with Gasteiger partial charge >= 0.3 is 5.97 Å². The minimum atomic E-state index is -0.960. The van der Waals surface area contributed by atoms with Gasteiger partial charge in [0.2, 0.25) is 0 Å². The monoisotopic (exact) mass is 236 g/mol. The van der Waals surface area contributed by atoms with Crippen molar-refractivity contribution >= 4 is 5.97 Å². The van der Waals surface area contributed by atoms with E-state index in [1.54, 1.807) is 0 Å². The van der Waals surface area contributed by atoms with Gasteiger partial charge in [-0.1, -0.05) is 12.1 Å². The number of carboxylic acids is 1. The van der Waals surface area contributed by atoms with Crippen LogP contribution < -0.4 is 4.74 Å². The van der Waals surface area contributed by atoms with Crippen LogP contribution in [0.5, 0.6) is 5.75 Å². The summed E-state index contributed by atoms with van der Waals surface area (Å²) in [5.74, 6) is 0.194. The Balaban J connectivity index is 1.94. The molecule has 4 heteroatoms. The van der Waals surface area contributed by atoms with Gasteiger partial charge in [-0.2, -0.15) is 0 Å². The summed E-state index contributed by atoms with van der Waals surface area (Å²) in [6.45, 7) is 1.35. The van der Waals surface area contributed by atoms with Gasteiger partial charge in [0.05, 0.1) is 0 Å². The number of hydrogen-bond donors (Lipinski definition) is 1. The Bertz CT molecular complexity index is 366. The lowest BCUT2D eigenvalue weighted by molar-refractivity contribution is -0.139. The Hall–Kier alpha value is -1.55. The topological polar surface area (TPSA) is 55.8 Å². The maximum atomic E-state index is 10.3. The van der Waals surface area contributed by atoms with E-state index >= 15 is 0 Å². The van der Waals surface area contributed by atoms with Crippen molar-refractivity contribution in [2.75, 3.05) is 19.8 Å². The molecule has 4 nitrogen and oxygen atoms in total. The van der Waals surface area contributed by atoms with Gasteiger partial charge in [0.25, 0.3) is 0 Å². The number of hydrogen-bond acceptors (Lipinski definition) is 3. The molecule has 92 valence electrons. The van der Waals surface area contributed by atoms with E-state index in [4.69, 9.17) is 14.6 Å². The summed E-state index contributed by atoms with van der Waals surface area (Å²) in [7, 11) is 0. The van der Waals surface area contributed by atoms with E-state index in [-0.39, 0.29) is 6.61 Å². The Labute approximate surface area is 100 Å². The van der Waals surface area contributed by atoms with E-state index in [0.29, 0.717) is 11.7 Å². The molecule has 0 saturated carbocycles. The van der Waals surface area contributed by atoms with Crippen LogP contribution in [0.1, 0.15) is 24.3 Å². The highest BCUT2D eigenvalue weighted by Crippen LogP contribution is 2.27. The summed E-state index contributed by atoms with van der Waals surface area (Å²) in [6.07, 6.45) is 2.10. The first-order valence-corrected chi connectivity index (χ1v) is 5.78. The van der Waals surface area contributed by atoms with Gasteiger partial charge in [0, 0.05) is 13.2 Å². The van der Waals surface area contributed by atoms with E-state index in [1.165, 1.54) is 5.56 Å². The van der Waals surface area contributed by atoms with Gasteiger partial charge in [-0.3, -0.25) is 0 Å². The fourth-order valence-electron chi connectivity index (χ4n) is 2.01. The van der Waals surface area contributed by atoms with Crippen LogP contribution in [0.15, 0.2) is 24.3 Å². The molecule has 0 spiro atoms. The smallest absolute Gasteiger partial charge is 0.341 e. The Morgan fingerprint density at radius 3 is 2.53 bits per heavy atom. The second-order valence-electron chi connectivity index (χ2n) is 4.14. The van der Waals surface area contributed by atoms with Crippen molar-refractivity contribution in [1.82, 2.24) is 0 Å². The fourth-order valence-corrected chi connectivity index (χ4v) is 2.01. The first kappa shape index (κ1) is 11.9. The number of carboxylic acid groups (broad SMARTS) is 1. The van der Waals surface area contributed by atoms with E-state index in [0.717, 1.165) is 26.1 Å². The summed E-state index contributed by atoms with van der Waals surface area (Å²) in [4.78, 5) is 10.3. The number of ether oxygens (including phenoxy) is 2. The third kappa shape index (κ3) is 3.46. The number of carbonyl (C=O) groups is 1. The summed E-state index contributed by atoms with van der Waals surface area (Å²) in [5, 5.41) is 8.49. The molecule has 1 heterocycles. The molecule has 0 bridgehead atoms. The molecule has 0 amide bonds. The zero-order chi connectivity index (χ0) is 12.1. The average Bonchev–Trinajstić information content (AvgIpc) is 2.38. The average molecular weight is 236 g/mol. The third-order valence-corrected chi connectivity index (χ3v) is 2.94. The zero-order valence-corrected chi connectivity index (χ0v) is 9.59. The van der Waals surface area contributed by atoms with Crippen LogP contribution in [0, 0.1) is 0 Å². The van der Waals surface area contributed by atoms with Crippen LogP contribution in [0.25, 0.3) is 0 Å². The Kier molecular flexibility index (Phi) is 3.98. The van der Waals surface area contributed by atoms with E-state index in [2.05, 4.69) is 0 Å². The largest absolute Gasteiger partial charge is 0.482 e. The fraction of sp³-hybridized carbons (Fsp3) is 0.462. The molecule has 1 aliphatic rings. The summed E-state index contributed by atoms with van der Waals surface area (Å²) in [6, 6.07) is 7.67. The SMILES string of the molecule is O=C(O)COc1ccc(C2CCOCC2)cc1. The molecule has 17 heavy (non-hydrogen) atoms. The first-order chi connectivity index (χ1) is 8.25. The predicted molar refractivity (Wildman–Crippen MR) is 62.4 cm³/mol. The molecule has 0 aromatic heterocycles. The maximum Gasteiger partial charge on any atom is 0.341 e. The Morgan fingerprint density at radius 1 is 1.29 bits per heavy atom. The molecule has 1 fully saturated rings. The van der Waals surface area contributed by atoms with Crippen molar-refractivity contribution in [2.45, 2.75) is 18.8 Å². The molecular formula is C13H16O4. The standard InChI is InChI=1S/C13H16O4/c14-13(15)9-17-12-3-1-10(2-4-12)11-5-7-16-8-6-11/h1-4,11H,5-9H2,(H,14,15). The van der Waals surface area contributed by atoms with Crippen LogP contribution >= 0.6 is 0 Å². The lowest BCUT2D eigenvalue weighted by atomic mass is 9.92. The molecule has 2 rings (SSSR count). The van der Waals surface area contributed by atoms with Gasteiger partial charge in [0.15, 0.2) is 6.61 Å². The quantitative estimate of drug-likeness (QED) is 0.869. The molecule has 1 N–H and O–H groups in total. The highest BCUT2D eigenvalue weighted by atomic mass is 16.5. The van der Waals surface area contributed by atoms with Gasteiger partial charge in [-0.05, 0) is 36.5 Å². The molecule has 0 unspecified atom stereocenters. The third-order valence-electron chi connectivity index (χ3n) is 2.94. The highest BCUT2D eigenvalue weighted by molar-refractivity contribution is 5.68. The van der Waals surface area contributed by atoms with Crippen molar-refractivity contribution in [2.24, 2.45) is 0 Å². The van der Waals surface area contributed by atoms with E-state index in [9.17, 15) is 4.79 Å². The first-order valence-electron chi connectivity index (χ1n) is 5.78. The van der Waals surface area contributed by atoms with Crippen LogP contribution in [0.3, 0.4) is 0 Å². The molecule has 0 atom stereocenters. The van der Waals surface area contributed by atoms with E-state index in [1.807, 2.05) is 24.3 Å². The van der Waals surface area contributed by atoms with Gasteiger partial charge in [0.1, 0.15) is 5.75 Å². The van der Waals surface area contributed by atoms with Crippen molar-refractivity contribution in [3.8, 4) is 5.75 Å². The lowest BCUT2D eigenvalue weighted by Gasteiger charge is -2.22. The summed E-state index contributed by atoms with van der Waals surface area (Å²) < 4.78 is 10.4. The van der Waals surface area contributed by atoms with Gasteiger partial charge in [-0.15, -0.1) is 0 Å². The molecular weight excluding hydrogens is 220 g/mol. The van der Waals surface area contributed by atoms with Crippen molar-refractivity contribution in [3.63, 3.8) is 0 Å². The number of benzene rings is 1. The van der Waals surface area contributed by atoms with Gasteiger partial charge < -0.3 is 14.6 Å². The second kappa shape index (κ2) is 5.68. The van der Waals surface area contributed by atoms with Crippen LogP contribution in [-0.2, 0) is 9.53 Å². The predicted octanol–water partition coefficient (Wildman–Crippen LogP) is 2.04. The van der Waals surface area contributed by atoms with Gasteiger partial charge in [-0.25, -0.2) is 4.79 Å².